The van der Waals surface area contributed by atoms with Crippen molar-refractivity contribution in [3.63, 3.8) is 0 Å². The van der Waals surface area contributed by atoms with Crippen LogP contribution in [-0.2, 0) is 11.3 Å². The van der Waals surface area contributed by atoms with Crippen LogP contribution in [0.15, 0.2) is 54.6 Å². The molecular formula is C17H20N2O2. The topological polar surface area (TPSA) is 64.3 Å². The van der Waals surface area contributed by atoms with E-state index < -0.39 is 0 Å². The third-order valence-corrected chi connectivity index (χ3v) is 3.38. The van der Waals surface area contributed by atoms with Gasteiger partial charge in [-0.3, -0.25) is 4.79 Å². The normalized spacial score (nSPS) is 11.7. The molecule has 1 unspecified atom stereocenters. The largest absolute Gasteiger partial charge is 0.497 e. The van der Waals surface area contributed by atoms with Gasteiger partial charge in [0, 0.05) is 13.1 Å². The maximum Gasteiger partial charge on any atom is 0.229 e. The van der Waals surface area contributed by atoms with E-state index in [9.17, 15) is 4.79 Å². The molecule has 4 heteroatoms. The van der Waals surface area contributed by atoms with Crippen molar-refractivity contribution in [1.29, 1.82) is 0 Å². The fraction of sp³-hybridized carbons (Fsp3) is 0.235. The van der Waals surface area contributed by atoms with Gasteiger partial charge in [-0.25, -0.2) is 0 Å². The Morgan fingerprint density at radius 1 is 1.14 bits per heavy atom. The highest BCUT2D eigenvalue weighted by atomic mass is 16.5. The fourth-order valence-corrected chi connectivity index (χ4v) is 2.14. The molecule has 21 heavy (non-hydrogen) atoms. The summed E-state index contributed by atoms with van der Waals surface area (Å²) in [5, 5.41) is 2.93. The van der Waals surface area contributed by atoms with Gasteiger partial charge in [0.05, 0.1) is 13.0 Å². The van der Waals surface area contributed by atoms with Gasteiger partial charge in [-0.15, -0.1) is 0 Å². The molecule has 0 saturated carbocycles. The van der Waals surface area contributed by atoms with Crippen molar-refractivity contribution >= 4 is 5.91 Å². The number of nitrogens with two attached hydrogens (primary N) is 1. The number of benzene rings is 2. The minimum Gasteiger partial charge on any atom is -0.497 e. The Labute approximate surface area is 124 Å². The lowest BCUT2D eigenvalue weighted by Gasteiger charge is -2.15. The van der Waals surface area contributed by atoms with Crippen molar-refractivity contribution in [2.75, 3.05) is 13.7 Å². The molecular weight excluding hydrogens is 264 g/mol. The molecule has 0 radical (unpaired) electrons. The number of carbonyl (C=O) groups excluding carboxylic acids is 1. The number of hydrogen-bond acceptors (Lipinski definition) is 3. The van der Waals surface area contributed by atoms with Gasteiger partial charge in [-0.2, -0.15) is 0 Å². The first-order valence-electron chi connectivity index (χ1n) is 6.90. The molecule has 0 aliphatic carbocycles. The summed E-state index contributed by atoms with van der Waals surface area (Å²) >= 11 is 0. The SMILES string of the molecule is COc1ccc(CNC(=O)C(CN)c2ccccc2)cc1. The Morgan fingerprint density at radius 2 is 1.81 bits per heavy atom. The molecule has 0 heterocycles. The molecule has 0 aliphatic heterocycles. The summed E-state index contributed by atoms with van der Waals surface area (Å²) in [5.41, 5.74) is 7.69. The zero-order chi connectivity index (χ0) is 15.1. The van der Waals surface area contributed by atoms with Crippen LogP contribution in [0.2, 0.25) is 0 Å². The first-order chi connectivity index (χ1) is 10.2. The molecule has 1 atom stereocenters. The van der Waals surface area contributed by atoms with E-state index in [0.717, 1.165) is 16.9 Å². The van der Waals surface area contributed by atoms with Crippen LogP contribution in [0.25, 0.3) is 0 Å². The average Bonchev–Trinajstić information content (AvgIpc) is 2.55. The van der Waals surface area contributed by atoms with Crippen LogP contribution >= 0.6 is 0 Å². The third kappa shape index (κ3) is 4.07. The van der Waals surface area contributed by atoms with Crippen LogP contribution in [0, 0.1) is 0 Å². The predicted octanol–water partition coefficient (Wildman–Crippen LogP) is 2.05. The van der Waals surface area contributed by atoms with Crippen LogP contribution in [0.1, 0.15) is 17.0 Å². The molecule has 0 aliphatic rings. The van der Waals surface area contributed by atoms with Gasteiger partial charge in [0.15, 0.2) is 0 Å². The number of nitrogens with one attached hydrogen (secondary N) is 1. The van der Waals surface area contributed by atoms with E-state index >= 15 is 0 Å². The zero-order valence-corrected chi connectivity index (χ0v) is 12.1. The fourth-order valence-electron chi connectivity index (χ4n) is 2.14. The summed E-state index contributed by atoms with van der Waals surface area (Å²) in [6.45, 7) is 0.768. The molecule has 0 fully saturated rings. The standard InChI is InChI=1S/C17H20N2O2/c1-21-15-9-7-13(8-10-15)12-19-17(20)16(11-18)14-5-3-2-4-6-14/h2-10,16H,11-12,18H2,1H3,(H,19,20). The highest BCUT2D eigenvalue weighted by Gasteiger charge is 2.18. The Morgan fingerprint density at radius 3 is 2.38 bits per heavy atom. The van der Waals surface area contributed by atoms with Gasteiger partial charge in [0.25, 0.3) is 0 Å². The van der Waals surface area contributed by atoms with E-state index in [-0.39, 0.29) is 11.8 Å². The second-order valence-electron chi connectivity index (χ2n) is 4.76. The Bertz CT molecular complexity index is 567. The van der Waals surface area contributed by atoms with Crippen molar-refractivity contribution in [3.05, 3.63) is 65.7 Å². The first-order valence-corrected chi connectivity index (χ1v) is 6.90. The summed E-state index contributed by atoms with van der Waals surface area (Å²) in [7, 11) is 1.63. The van der Waals surface area contributed by atoms with Crippen LogP contribution in [0.5, 0.6) is 5.75 Å². The zero-order valence-electron chi connectivity index (χ0n) is 12.1. The Hall–Kier alpha value is -2.33. The van der Waals surface area contributed by atoms with E-state index in [1.807, 2.05) is 54.6 Å². The molecule has 3 N–H and O–H groups in total. The van der Waals surface area contributed by atoms with E-state index in [1.54, 1.807) is 7.11 Å². The second kappa shape index (κ2) is 7.45. The van der Waals surface area contributed by atoms with Crippen molar-refractivity contribution in [2.45, 2.75) is 12.5 Å². The minimum atomic E-state index is -0.315. The lowest BCUT2D eigenvalue weighted by atomic mass is 9.98. The molecule has 0 aromatic heterocycles. The lowest BCUT2D eigenvalue weighted by Crippen LogP contribution is -2.33. The number of rotatable bonds is 6. The van der Waals surface area contributed by atoms with E-state index in [0.29, 0.717) is 13.1 Å². The Kier molecular flexibility index (Phi) is 5.35. The van der Waals surface area contributed by atoms with E-state index in [4.69, 9.17) is 10.5 Å². The summed E-state index contributed by atoms with van der Waals surface area (Å²) in [6.07, 6.45) is 0. The van der Waals surface area contributed by atoms with Crippen LogP contribution in [0.3, 0.4) is 0 Å². The first kappa shape index (κ1) is 15.1. The van der Waals surface area contributed by atoms with Gasteiger partial charge in [-0.05, 0) is 23.3 Å². The summed E-state index contributed by atoms with van der Waals surface area (Å²) in [6, 6.07) is 17.2. The molecule has 2 aromatic rings. The smallest absolute Gasteiger partial charge is 0.229 e. The Balaban J connectivity index is 1.96. The van der Waals surface area contributed by atoms with Crippen molar-refractivity contribution in [3.8, 4) is 5.75 Å². The molecule has 0 spiro atoms. The van der Waals surface area contributed by atoms with Crippen LogP contribution in [-0.4, -0.2) is 19.6 Å². The summed E-state index contributed by atoms with van der Waals surface area (Å²) in [4.78, 5) is 12.3. The maximum absolute atomic E-state index is 12.3. The van der Waals surface area contributed by atoms with Gasteiger partial charge in [0.2, 0.25) is 5.91 Å². The minimum absolute atomic E-state index is 0.0560. The maximum atomic E-state index is 12.3. The van der Waals surface area contributed by atoms with Gasteiger partial charge >= 0.3 is 0 Å². The van der Waals surface area contributed by atoms with Gasteiger partial charge in [-0.1, -0.05) is 42.5 Å². The highest BCUT2D eigenvalue weighted by molar-refractivity contribution is 5.83. The molecule has 2 aromatic carbocycles. The number of amides is 1. The monoisotopic (exact) mass is 284 g/mol. The molecule has 1 amide bonds. The molecule has 0 saturated heterocycles. The number of methoxy groups -OCH3 is 1. The molecule has 2 rings (SSSR count). The van der Waals surface area contributed by atoms with E-state index in [2.05, 4.69) is 5.32 Å². The lowest BCUT2D eigenvalue weighted by molar-refractivity contribution is -0.122. The van der Waals surface area contributed by atoms with Crippen LogP contribution < -0.4 is 15.8 Å². The summed E-state index contributed by atoms with van der Waals surface area (Å²) in [5.74, 6) is 0.429. The van der Waals surface area contributed by atoms with Crippen molar-refractivity contribution in [1.82, 2.24) is 5.32 Å². The average molecular weight is 284 g/mol. The van der Waals surface area contributed by atoms with Crippen molar-refractivity contribution in [2.24, 2.45) is 5.73 Å². The number of ether oxygens (including phenoxy) is 1. The van der Waals surface area contributed by atoms with Gasteiger partial charge in [0.1, 0.15) is 5.75 Å². The van der Waals surface area contributed by atoms with E-state index in [1.165, 1.54) is 0 Å². The van der Waals surface area contributed by atoms with Crippen LogP contribution in [0.4, 0.5) is 0 Å². The highest BCUT2D eigenvalue weighted by Crippen LogP contribution is 2.15. The number of hydrogen-bond donors (Lipinski definition) is 2. The molecule has 0 bridgehead atoms. The second-order valence-corrected chi connectivity index (χ2v) is 4.76. The third-order valence-electron chi connectivity index (χ3n) is 3.38. The van der Waals surface area contributed by atoms with Gasteiger partial charge < -0.3 is 15.8 Å². The summed E-state index contributed by atoms with van der Waals surface area (Å²) < 4.78 is 5.10. The van der Waals surface area contributed by atoms with Crippen molar-refractivity contribution < 1.29 is 9.53 Å². The predicted molar refractivity (Wildman–Crippen MR) is 83.1 cm³/mol. The quantitative estimate of drug-likeness (QED) is 0.853. The number of carbonyl (C=O) groups is 1. The molecule has 110 valence electrons. The molecule has 4 nitrogen and oxygen atoms in total.